The average molecular weight is 214 g/mol. The fourth-order valence-electron chi connectivity index (χ4n) is 1.00. The maximum atomic E-state index is 8.31. The van der Waals surface area contributed by atoms with E-state index in [-0.39, 0.29) is 11.9 Å². The molecule has 5 nitrogen and oxygen atoms in total. The van der Waals surface area contributed by atoms with Gasteiger partial charge >= 0.3 is 0 Å². The topological polar surface area (TPSA) is 83.5 Å². The Morgan fingerprint density at radius 1 is 1.86 bits per heavy atom. The highest BCUT2D eigenvalue weighted by Crippen LogP contribution is 2.13. The Hall–Kier alpha value is -1.14. The molecule has 1 aromatic rings. The zero-order valence-corrected chi connectivity index (χ0v) is 8.79. The first-order valence-electron chi connectivity index (χ1n) is 4.33. The lowest BCUT2D eigenvalue weighted by Gasteiger charge is -2.09. The van der Waals surface area contributed by atoms with Crippen molar-refractivity contribution in [3.63, 3.8) is 0 Å². The van der Waals surface area contributed by atoms with Crippen LogP contribution < -0.4 is 11.1 Å². The van der Waals surface area contributed by atoms with Gasteiger partial charge in [-0.3, -0.25) is 0 Å². The molecule has 0 aliphatic heterocycles. The maximum absolute atomic E-state index is 8.31. The van der Waals surface area contributed by atoms with E-state index in [1.807, 2.05) is 12.3 Å². The first-order chi connectivity index (χ1) is 6.74. The Morgan fingerprint density at radius 2 is 2.64 bits per heavy atom. The van der Waals surface area contributed by atoms with Crippen LogP contribution in [0.25, 0.3) is 0 Å². The molecule has 0 saturated heterocycles. The lowest BCUT2D eigenvalue weighted by atomic mass is 10.3. The molecule has 1 rings (SSSR count). The summed E-state index contributed by atoms with van der Waals surface area (Å²) in [5.41, 5.74) is 5.32. The summed E-state index contributed by atoms with van der Waals surface area (Å²) in [6.07, 6.45) is 2.31. The molecule has 78 valence electrons. The Balaban J connectivity index is 2.26. The Bertz CT molecular complexity index is 286. The smallest absolute Gasteiger partial charge is 0.140 e. The predicted octanol–water partition coefficient (Wildman–Crippen LogP) is 0.930. The van der Waals surface area contributed by atoms with Crippen molar-refractivity contribution in [2.24, 2.45) is 10.9 Å². The second kappa shape index (κ2) is 5.56. The van der Waals surface area contributed by atoms with Crippen LogP contribution in [0.3, 0.4) is 0 Å². The second-order valence-corrected chi connectivity index (χ2v) is 3.81. The number of thiazole rings is 1. The van der Waals surface area contributed by atoms with Gasteiger partial charge in [-0.15, -0.1) is 11.3 Å². The Labute approximate surface area is 86.6 Å². The molecule has 1 aromatic heterocycles. The molecule has 1 heterocycles. The van der Waals surface area contributed by atoms with Crippen LogP contribution in [0.4, 0.5) is 0 Å². The molecule has 0 bridgehead atoms. The van der Waals surface area contributed by atoms with Crippen LogP contribution in [0, 0.1) is 0 Å². The summed E-state index contributed by atoms with van der Waals surface area (Å²) in [6, 6.07) is 0.210. The van der Waals surface area contributed by atoms with Crippen molar-refractivity contribution in [2.75, 3.05) is 6.54 Å². The molecular formula is C8H14N4OS. The molecule has 1 atom stereocenters. The van der Waals surface area contributed by atoms with Crippen molar-refractivity contribution in [3.05, 3.63) is 16.6 Å². The molecule has 0 spiro atoms. The molecule has 0 radical (unpaired) electrons. The van der Waals surface area contributed by atoms with Gasteiger partial charge in [-0.25, -0.2) is 4.98 Å². The molecular weight excluding hydrogens is 200 g/mol. The third-order valence-electron chi connectivity index (χ3n) is 1.78. The first-order valence-corrected chi connectivity index (χ1v) is 5.21. The number of nitrogens with zero attached hydrogens (tertiary/aromatic N) is 2. The van der Waals surface area contributed by atoms with Crippen LogP contribution in [0.2, 0.25) is 0 Å². The number of rotatable bonds is 5. The van der Waals surface area contributed by atoms with Crippen LogP contribution in [0.5, 0.6) is 0 Å². The van der Waals surface area contributed by atoms with Gasteiger partial charge in [0.05, 0.1) is 6.04 Å². The SMILES string of the molecule is CC(NCCC(N)=NO)c1nccs1. The van der Waals surface area contributed by atoms with Gasteiger partial charge < -0.3 is 16.3 Å². The van der Waals surface area contributed by atoms with Crippen LogP contribution in [-0.4, -0.2) is 22.6 Å². The van der Waals surface area contributed by atoms with Gasteiger partial charge in [0, 0.05) is 24.5 Å². The quantitative estimate of drug-likeness (QED) is 0.295. The van der Waals surface area contributed by atoms with E-state index < -0.39 is 0 Å². The minimum absolute atomic E-state index is 0.210. The van der Waals surface area contributed by atoms with E-state index in [9.17, 15) is 0 Å². The Kier molecular flexibility index (Phi) is 4.34. The average Bonchev–Trinajstić information content (AvgIpc) is 2.70. The largest absolute Gasteiger partial charge is 0.409 e. The third-order valence-corrected chi connectivity index (χ3v) is 2.74. The normalized spacial score (nSPS) is 14.2. The zero-order chi connectivity index (χ0) is 10.4. The summed E-state index contributed by atoms with van der Waals surface area (Å²) in [6.45, 7) is 2.71. The number of nitrogens with two attached hydrogens (primary N) is 1. The number of amidine groups is 1. The van der Waals surface area contributed by atoms with Gasteiger partial charge in [0.2, 0.25) is 0 Å². The standard InChI is InChI=1S/C8H14N4OS/c1-6(8-11-4-5-14-8)10-3-2-7(9)12-13/h4-6,10,13H,2-3H2,1H3,(H2,9,12). The molecule has 0 aliphatic rings. The van der Waals surface area contributed by atoms with Crippen molar-refractivity contribution in [3.8, 4) is 0 Å². The number of hydrogen-bond donors (Lipinski definition) is 3. The first kappa shape index (κ1) is 10.9. The van der Waals surface area contributed by atoms with Gasteiger partial charge in [-0.1, -0.05) is 5.16 Å². The number of nitrogens with one attached hydrogen (secondary N) is 1. The van der Waals surface area contributed by atoms with E-state index in [2.05, 4.69) is 15.5 Å². The summed E-state index contributed by atoms with van der Waals surface area (Å²) >= 11 is 1.61. The molecule has 0 aromatic carbocycles. The molecule has 0 amide bonds. The highest BCUT2D eigenvalue weighted by atomic mass is 32.1. The maximum Gasteiger partial charge on any atom is 0.140 e. The molecule has 1 unspecified atom stereocenters. The van der Waals surface area contributed by atoms with E-state index in [4.69, 9.17) is 10.9 Å². The summed E-state index contributed by atoms with van der Waals surface area (Å²) in [4.78, 5) is 4.18. The van der Waals surface area contributed by atoms with Gasteiger partial charge in [-0.2, -0.15) is 0 Å². The molecule has 0 fully saturated rings. The van der Waals surface area contributed by atoms with Crippen molar-refractivity contribution in [1.82, 2.24) is 10.3 Å². The molecule has 4 N–H and O–H groups in total. The van der Waals surface area contributed by atoms with E-state index in [1.165, 1.54) is 0 Å². The highest BCUT2D eigenvalue weighted by molar-refractivity contribution is 7.09. The predicted molar refractivity (Wildman–Crippen MR) is 56.6 cm³/mol. The fourth-order valence-corrected chi connectivity index (χ4v) is 1.67. The van der Waals surface area contributed by atoms with Gasteiger partial charge in [0.15, 0.2) is 0 Å². The van der Waals surface area contributed by atoms with Crippen molar-refractivity contribution in [1.29, 1.82) is 0 Å². The summed E-state index contributed by atoms with van der Waals surface area (Å²) < 4.78 is 0. The zero-order valence-electron chi connectivity index (χ0n) is 7.97. The van der Waals surface area contributed by atoms with Crippen molar-refractivity contribution >= 4 is 17.2 Å². The van der Waals surface area contributed by atoms with Gasteiger partial charge in [0.25, 0.3) is 0 Å². The van der Waals surface area contributed by atoms with E-state index in [0.717, 1.165) is 5.01 Å². The number of aromatic nitrogens is 1. The van der Waals surface area contributed by atoms with E-state index in [1.54, 1.807) is 17.5 Å². The van der Waals surface area contributed by atoms with Crippen LogP contribution in [-0.2, 0) is 0 Å². The highest BCUT2D eigenvalue weighted by Gasteiger charge is 2.06. The monoisotopic (exact) mass is 214 g/mol. The molecule has 14 heavy (non-hydrogen) atoms. The molecule has 6 heteroatoms. The van der Waals surface area contributed by atoms with Crippen molar-refractivity contribution in [2.45, 2.75) is 19.4 Å². The van der Waals surface area contributed by atoms with Crippen LogP contribution in [0.1, 0.15) is 24.4 Å². The Morgan fingerprint density at radius 3 is 3.21 bits per heavy atom. The molecule has 0 aliphatic carbocycles. The number of oxime groups is 1. The van der Waals surface area contributed by atoms with Gasteiger partial charge in [-0.05, 0) is 6.92 Å². The lowest BCUT2D eigenvalue weighted by Crippen LogP contribution is -2.24. The van der Waals surface area contributed by atoms with Crippen LogP contribution >= 0.6 is 11.3 Å². The van der Waals surface area contributed by atoms with Gasteiger partial charge in [0.1, 0.15) is 10.8 Å². The second-order valence-electron chi connectivity index (χ2n) is 2.89. The number of hydrogen-bond acceptors (Lipinski definition) is 5. The van der Waals surface area contributed by atoms with E-state index in [0.29, 0.717) is 13.0 Å². The van der Waals surface area contributed by atoms with Crippen molar-refractivity contribution < 1.29 is 5.21 Å². The fraction of sp³-hybridized carbons (Fsp3) is 0.500. The minimum Gasteiger partial charge on any atom is -0.409 e. The van der Waals surface area contributed by atoms with Crippen LogP contribution in [0.15, 0.2) is 16.7 Å². The lowest BCUT2D eigenvalue weighted by molar-refractivity contribution is 0.316. The minimum atomic E-state index is 0.210. The van der Waals surface area contributed by atoms with E-state index >= 15 is 0 Å². The molecule has 0 saturated carbocycles. The summed E-state index contributed by atoms with van der Waals surface area (Å²) in [5, 5.41) is 17.4. The summed E-state index contributed by atoms with van der Waals surface area (Å²) in [5.74, 6) is 0.240. The summed E-state index contributed by atoms with van der Waals surface area (Å²) in [7, 11) is 0. The third kappa shape index (κ3) is 3.31.